The molecule has 1 rings (SSSR count). The lowest BCUT2D eigenvalue weighted by atomic mass is 10.2. The number of hydrogen-bond donors (Lipinski definition) is 1. The molecule has 0 saturated carbocycles. The first-order valence-corrected chi connectivity index (χ1v) is 5.99. The maximum absolute atomic E-state index is 10.5. The summed E-state index contributed by atoms with van der Waals surface area (Å²) in [5.41, 5.74) is 0.218. The molecule has 1 N–H and O–H groups in total. The SMILES string of the molecule is CC(CO)CSc1ccc([N+](=O)[O-])cc1C#N. The molecule has 0 radical (unpaired) electrons. The lowest BCUT2D eigenvalue weighted by Crippen LogP contribution is -2.03. The maximum Gasteiger partial charge on any atom is 0.270 e. The van der Waals surface area contributed by atoms with Gasteiger partial charge >= 0.3 is 0 Å². The summed E-state index contributed by atoms with van der Waals surface area (Å²) >= 11 is 1.42. The summed E-state index contributed by atoms with van der Waals surface area (Å²) in [6.07, 6.45) is 0. The molecule has 0 aliphatic carbocycles. The Labute approximate surface area is 103 Å². The third-order valence-electron chi connectivity index (χ3n) is 2.13. The van der Waals surface area contributed by atoms with E-state index in [1.807, 2.05) is 13.0 Å². The summed E-state index contributed by atoms with van der Waals surface area (Å²) < 4.78 is 0. The van der Waals surface area contributed by atoms with E-state index in [0.29, 0.717) is 16.2 Å². The maximum atomic E-state index is 10.5. The van der Waals surface area contributed by atoms with Gasteiger partial charge in [0, 0.05) is 29.4 Å². The van der Waals surface area contributed by atoms with Gasteiger partial charge in [0.05, 0.1) is 10.5 Å². The second-order valence-corrected chi connectivity index (χ2v) is 4.71. The van der Waals surface area contributed by atoms with Crippen LogP contribution in [0.4, 0.5) is 5.69 Å². The molecule has 90 valence electrons. The fourth-order valence-corrected chi connectivity index (χ4v) is 2.12. The van der Waals surface area contributed by atoms with Crippen molar-refractivity contribution in [3.63, 3.8) is 0 Å². The summed E-state index contributed by atoms with van der Waals surface area (Å²) in [4.78, 5) is 10.7. The molecule has 1 atom stereocenters. The largest absolute Gasteiger partial charge is 0.396 e. The number of aliphatic hydroxyl groups excluding tert-OH is 1. The topological polar surface area (TPSA) is 87.2 Å². The van der Waals surface area contributed by atoms with Crippen molar-refractivity contribution in [3.05, 3.63) is 33.9 Å². The highest BCUT2D eigenvalue weighted by Crippen LogP contribution is 2.27. The van der Waals surface area contributed by atoms with Crippen molar-refractivity contribution >= 4 is 17.4 Å². The first-order chi connectivity index (χ1) is 8.08. The quantitative estimate of drug-likeness (QED) is 0.493. The number of thioether (sulfide) groups is 1. The Balaban J connectivity index is 2.87. The molecule has 0 fully saturated rings. The average molecular weight is 252 g/mol. The highest BCUT2D eigenvalue weighted by molar-refractivity contribution is 7.99. The van der Waals surface area contributed by atoms with Crippen LogP contribution in [0.25, 0.3) is 0 Å². The van der Waals surface area contributed by atoms with Crippen molar-refractivity contribution in [1.82, 2.24) is 0 Å². The minimum atomic E-state index is -0.522. The highest BCUT2D eigenvalue weighted by Gasteiger charge is 2.11. The first kappa shape index (κ1) is 13.5. The zero-order valence-corrected chi connectivity index (χ0v) is 10.1. The molecule has 1 aromatic carbocycles. The average Bonchev–Trinajstić information content (AvgIpc) is 2.35. The van der Waals surface area contributed by atoms with Crippen molar-refractivity contribution in [2.24, 2.45) is 5.92 Å². The Morgan fingerprint density at radius 2 is 2.35 bits per heavy atom. The molecule has 6 heteroatoms. The summed E-state index contributed by atoms with van der Waals surface area (Å²) in [5.74, 6) is 0.796. The van der Waals surface area contributed by atoms with Crippen molar-refractivity contribution in [1.29, 1.82) is 5.26 Å². The van der Waals surface area contributed by atoms with E-state index in [2.05, 4.69) is 0 Å². The minimum absolute atomic E-state index is 0.0823. The standard InChI is InChI=1S/C11H12N2O3S/c1-8(6-14)7-17-11-3-2-10(13(15)16)4-9(11)5-12/h2-4,8,14H,6-7H2,1H3. The van der Waals surface area contributed by atoms with Gasteiger partial charge < -0.3 is 5.11 Å². The fourth-order valence-electron chi connectivity index (χ4n) is 1.13. The summed E-state index contributed by atoms with van der Waals surface area (Å²) in [5, 5.41) is 28.3. The molecule has 5 nitrogen and oxygen atoms in total. The molecule has 0 heterocycles. The third-order valence-corrected chi connectivity index (χ3v) is 3.53. The zero-order chi connectivity index (χ0) is 12.8. The number of aliphatic hydroxyl groups is 1. The van der Waals surface area contributed by atoms with Crippen molar-refractivity contribution in [2.75, 3.05) is 12.4 Å². The van der Waals surface area contributed by atoms with Gasteiger partial charge in [0.2, 0.25) is 0 Å². The molecule has 0 spiro atoms. The molecule has 0 bridgehead atoms. The molecule has 0 aliphatic rings. The number of nitro benzene ring substituents is 1. The minimum Gasteiger partial charge on any atom is -0.396 e. The number of nitriles is 1. The Morgan fingerprint density at radius 3 is 2.88 bits per heavy atom. The van der Waals surface area contributed by atoms with Crippen molar-refractivity contribution < 1.29 is 10.0 Å². The Hall–Kier alpha value is -1.58. The second-order valence-electron chi connectivity index (χ2n) is 3.65. The van der Waals surface area contributed by atoms with E-state index in [1.165, 1.54) is 23.9 Å². The summed E-state index contributed by atoms with van der Waals surface area (Å²) in [6, 6.07) is 6.17. The van der Waals surface area contributed by atoms with Gasteiger partial charge in [-0.15, -0.1) is 11.8 Å². The number of rotatable bonds is 5. The van der Waals surface area contributed by atoms with E-state index >= 15 is 0 Å². The number of hydrogen-bond acceptors (Lipinski definition) is 5. The van der Waals surface area contributed by atoms with Crippen LogP contribution in [0.3, 0.4) is 0 Å². The number of nitro groups is 1. The van der Waals surface area contributed by atoms with Crippen LogP contribution in [0.15, 0.2) is 23.1 Å². The van der Waals surface area contributed by atoms with E-state index < -0.39 is 4.92 Å². The van der Waals surface area contributed by atoms with Crippen LogP contribution in [-0.4, -0.2) is 22.4 Å². The molecule has 1 aromatic rings. The van der Waals surface area contributed by atoms with E-state index in [0.717, 1.165) is 0 Å². The Kier molecular flexibility index (Phi) is 4.94. The van der Waals surface area contributed by atoms with Crippen LogP contribution in [0.2, 0.25) is 0 Å². The Morgan fingerprint density at radius 1 is 1.65 bits per heavy atom. The van der Waals surface area contributed by atoms with E-state index in [9.17, 15) is 10.1 Å². The highest BCUT2D eigenvalue weighted by atomic mass is 32.2. The number of benzene rings is 1. The second kappa shape index (κ2) is 6.23. The molecular formula is C11H12N2O3S. The molecule has 17 heavy (non-hydrogen) atoms. The normalized spacial score (nSPS) is 11.8. The van der Waals surface area contributed by atoms with Gasteiger partial charge in [0.1, 0.15) is 6.07 Å². The lowest BCUT2D eigenvalue weighted by Gasteiger charge is -2.08. The van der Waals surface area contributed by atoms with Crippen LogP contribution >= 0.6 is 11.8 Å². The summed E-state index contributed by atoms with van der Waals surface area (Å²) in [6.45, 7) is 1.98. The van der Waals surface area contributed by atoms with Gasteiger partial charge in [-0.2, -0.15) is 5.26 Å². The smallest absolute Gasteiger partial charge is 0.270 e. The lowest BCUT2D eigenvalue weighted by molar-refractivity contribution is -0.384. The monoisotopic (exact) mass is 252 g/mol. The van der Waals surface area contributed by atoms with Crippen LogP contribution in [0.1, 0.15) is 12.5 Å². The van der Waals surface area contributed by atoms with Crippen molar-refractivity contribution in [2.45, 2.75) is 11.8 Å². The van der Waals surface area contributed by atoms with Crippen LogP contribution in [-0.2, 0) is 0 Å². The first-order valence-electron chi connectivity index (χ1n) is 5.00. The van der Waals surface area contributed by atoms with Gasteiger partial charge in [-0.25, -0.2) is 0 Å². The zero-order valence-electron chi connectivity index (χ0n) is 9.29. The van der Waals surface area contributed by atoms with Crippen LogP contribution in [0, 0.1) is 27.4 Å². The molecular weight excluding hydrogens is 240 g/mol. The van der Waals surface area contributed by atoms with Gasteiger partial charge in [-0.3, -0.25) is 10.1 Å². The molecule has 0 saturated heterocycles. The predicted molar refractivity (Wildman–Crippen MR) is 64.8 cm³/mol. The van der Waals surface area contributed by atoms with Crippen LogP contribution < -0.4 is 0 Å². The van der Waals surface area contributed by atoms with Gasteiger partial charge in [-0.05, 0) is 12.0 Å². The van der Waals surface area contributed by atoms with Gasteiger partial charge in [-0.1, -0.05) is 6.92 Å². The Bertz CT molecular complexity index is 457. The van der Waals surface area contributed by atoms with Gasteiger partial charge in [0.15, 0.2) is 0 Å². The van der Waals surface area contributed by atoms with Crippen molar-refractivity contribution in [3.8, 4) is 6.07 Å². The number of nitrogens with zero attached hydrogens (tertiary/aromatic N) is 2. The molecule has 0 aromatic heterocycles. The van der Waals surface area contributed by atoms with E-state index in [1.54, 1.807) is 6.07 Å². The fraction of sp³-hybridized carbons (Fsp3) is 0.364. The van der Waals surface area contributed by atoms with Gasteiger partial charge in [0.25, 0.3) is 5.69 Å². The molecule has 1 unspecified atom stereocenters. The van der Waals surface area contributed by atoms with Crippen LogP contribution in [0.5, 0.6) is 0 Å². The third kappa shape index (κ3) is 3.73. The number of non-ortho nitro benzene ring substituents is 1. The molecule has 0 aliphatic heterocycles. The van der Waals surface area contributed by atoms with E-state index in [-0.39, 0.29) is 18.2 Å². The predicted octanol–water partition coefficient (Wildman–Crippen LogP) is 2.19. The summed E-state index contributed by atoms with van der Waals surface area (Å²) in [7, 11) is 0. The molecule has 0 amide bonds. The van der Waals surface area contributed by atoms with E-state index in [4.69, 9.17) is 10.4 Å².